The number of carbonyl (C=O) groups excluding carboxylic acids is 2. The molecule has 0 radical (unpaired) electrons. The third-order valence-electron chi connectivity index (χ3n) is 5.21. The third-order valence-corrected chi connectivity index (χ3v) is 5.21. The zero-order valence-electron chi connectivity index (χ0n) is 14.0. The van der Waals surface area contributed by atoms with Crippen LogP contribution in [0.3, 0.4) is 0 Å². The van der Waals surface area contributed by atoms with E-state index < -0.39 is 29.6 Å². The Morgan fingerprint density at radius 3 is 2.56 bits per heavy atom. The molecule has 1 aromatic rings. The first-order valence-corrected chi connectivity index (χ1v) is 8.57. The first kappa shape index (κ1) is 17.3. The van der Waals surface area contributed by atoms with E-state index in [1.54, 1.807) is 24.3 Å². The highest BCUT2D eigenvalue weighted by atomic mass is 16.5. The van der Waals surface area contributed by atoms with E-state index >= 15 is 0 Å². The lowest BCUT2D eigenvalue weighted by molar-refractivity contribution is -0.149. The molecule has 2 aliphatic rings. The number of carbonyl (C=O) groups is 3. The Hall–Kier alpha value is -2.57. The van der Waals surface area contributed by atoms with Crippen molar-refractivity contribution in [1.82, 2.24) is 10.9 Å². The van der Waals surface area contributed by atoms with Gasteiger partial charge >= 0.3 is 5.97 Å². The maximum Gasteiger partial charge on any atom is 0.307 e. The highest BCUT2D eigenvalue weighted by Crippen LogP contribution is 2.52. The summed E-state index contributed by atoms with van der Waals surface area (Å²) in [6.07, 6.45) is 2.51. The number of ether oxygens (including phenoxy) is 1. The molecule has 0 aromatic heterocycles. The number of hydrogen-bond donors (Lipinski definition) is 3. The van der Waals surface area contributed by atoms with Crippen LogP contribution in [0.4, 0.5) is 0 Å². The Morgan fingerprint density at radius 1 is 1.16 bits per heavy atom. The number of rotatable bonds is 5. The van der Waals surface area contributed by atoms with Gasteiger partial charge in [0.15, 0.2) is 0 Å². The van der Waals surface area contributed by atoms with Gasteiger partial charge in [-0.1, -0.05) is 6.07 Å². The number of carboxylic acid groups (broad SMARTS) is 1. The van der Waals surface area contributed by atoms with Crippen LogP contribution in [0.5, 0.6) is 5.75 Å². The monoisotopic (exact) mass is 346 g/mol. The lowest BCUT2D eigenvalue weighted by Gasteiger charge is -2.27. The van der Waals surface area contributed by atoms with E-state index in [1.807, 2.05) is 6.92 Å². The standard InChI is InChI=1S/C18H22N2O5/c1-2-25-13-5-3-4-12(9-13)16(21)19-20-17(22)14-10-6-7-11(8-10)15(14)18(23)24/h3-5,9-11,14-15H,2,6-8H2,1H3,(H,19,21)(H,20,22)(H,23,24)/t10-,11+,14+,15+/m1/s1. The summed E-state index contributed by atoms with van der Waals surface area (Å²) in [5.41, 5.74) is 5.13. The van der Waals surface area contributed by atoms with Gasteiger partial charge in [-0.25, -0.2) is 0 Å². The summed E-state index contributed by atoms with van der Waals surface area (Å²) >= 11 is 0. The molecule has 1 aromatic carbocycles. The number of carboxylic acids is 1. The second kappa shape index (κ2) is 7.13. The van der Waals surface area contributed by atoms with Crippen molar-refractivity contribution in [3.63, 3.8) is 0 Å². The second-order valence-corrected chi connectivity index (χ2v) is 6.63. The zero-order chi connectivity index (χ0) is 18.0. The smallest absolute Gasteiger partial charge is 0.307 e. The van der Waals surface area contributed by atoms with Gasteiger partial charge < -0.3 is 9.84 Å². The Labute approximate surface area is 145 Å². The van der Waals surface area contributed by atoms with Crippen LogP contribution in [0.25, 0.3) is 0 Å². The molecule has 2 amide bonds. The van der Waals surface area contributed by atoms with Crippen molar-refractivity contribution in [3.8, 4) is 5.75 Å². The molecular formula is C18H22N2O5. The van der Waals surface area contributed by atoms with Crippen molar-refractivity contribution >= 4 is 17.8 Å². The van der Waals surface area contributed by atoms with Gasteiger partial charge in [0.2, 0.25) is 5.91 Å². The predicted molar refractivity (Wildman–Crippen MR) is 88.7 cm³/mol. The van der Waals surface area contributed by atoms with E-state index in [0.717, 1.165) is 19.3 Å². The summed E-state index contributed by atoms with van der Waals surface area (Å²) < 4.78 is 5.34. The molecule has 0 aliphatic heterocycles. The molecule has 0 unspecified atom stereocenters. The highest BCUT2D eigenvalue weighted by Gasteiger charge is 2.54. The topological polar surface area (TPSA) is 105 Å². The molecule has 2 aliphatic carbocycles. The average molecular weight is 346 g/mol. The van der Waals surface area contributed by atoms with E-state index in [9.17, 15) is 19.5 Å². The summed E-state index contributed by atoms with van der Waals surface area (Å²) in [7, 11) is 0. The Kier molecular flexibility index (Phi) is 4.92. The fourth-order valence-corrected chi connectivity index (χ4v) is 4.19. The number of nitrogens with one attached hydrogen (secondary N) is 2. The minimum absolute atomic E-state index is 0.0665. The molecule has 2 bridgehead atoms. The molecule has 0 spiro atoms. The SMILES string of the molecule is CCOc1cccc(C(=O)NNC(=O)[C@H]2[C@@H]3CC[C@@H](C3)[C@@H]2C(=O)O)c1. The van der Waals surface area contributed by atoms with Gasteiger partial charge in [0, 0.05) is 5.56 Å². The number of fused-ring (bicyclic) bond motifs is 2. The van der Waals surface area contributed by atoms with Crippen molar-refractivity contribution in [2.45, 2.75) is 26.2 Å². The van der Waals surface area contributed by atoms with Gasteiger partial charge in [0.1, 0.15) is 5.75 Å². The van der Waals surface area contributed by atoms with E-state index in [-0.39, 0.29) is 11.8 Å². The van der Waals surface area contributed by atoms with Gasteiger partial charge in [-0.05, 0) is 56.2 Å². The Balaban J connectivity index is 1.61. The van der Waals surface area contributed by atoms with Crippen LogP contribution in [-0.4, -0.2) is 29.5 Å². The summed E-state index contributed by atoms with van der Waals surface area (Å²) in [6, 6.07) is 6.63. The van der Waals surface area contributed by atoms with Gasteiger partial charge in [-0.3, -0.25) is 25.2 Å². The molecule has 0 saturated heterocycles. The van der Waals surface area contributed by atoms with Crippen LogP contribution in [0.2, 0.25) is 0 Å². The minimum Gasteiger partial charge on any atom is -0.494 e. The van der Waals surface area contributed by atoms with Gasteiger partial charge in [0.25, 0.3) is 5.91 Å². The minimum atomic E-state index is -0.928. The van der Waals surface area contributed by atoms with Crippen molar-refractivity contribution in [1.29, 1.82) is 0 Å². The molecule has 7 heteroatoms. The molecule has 4 atom stereocenters. The Bertz CT molecular complexity index is 690. The largest absolute Gasteiger partial charge is 0.494 e. The summed E-state index contributed by atoms with van der Waals surface area (Å²) in [5, 5.41) is 9.41. The van der Waals surface area contributed by atoms with Gasteiger partial charge in [-0.15, -0.1) is 0 Å². The van der Waals surface area contributed by atoms with Crippen LogP contribution < -0.4 is 15.6 Å². The fourth-order valence-electron chi connectivity index (χ4n) is 4.19. The maximum absolute atomic E-state index is 12.4. The molecule has 2 fully saturated rings. The normalized spacial score (nSPS) is 26.9. The average Bonchev–Trinajstić information content (AvgIpc) is 3.21. The van der Waals surface area contributed by atoms with E-state index in [4.69, 9.17) is 4.74 Å². The molecule has 3 N–H and O–H groups in total. The zero-order valence-corrected chi connectivity index (χ0v) is 14.0. The molecule has 25 heavy (non-hydrogen) atoms. The Morgan fingerprint density at radius 2 is 1.88 bits per heavy atom. The third kappa shape index (κ3) is 3.45. The van der Waals surface area contributed by atoms with Crippen LogP contribution in [0.15, 0.2) is 24.3 Å². The number of benzene rings is 1. The first-order valence-electron chi connectivity index (χ1n) is 8.57. The van der Waals surface area contributed by atoms with E-state index in [2.05, 4.69) is 10.9 Å². The second-order valence-electron chi connectivity index (χ2n) is 6.63. The lowest BCUT2D eigenvalue weighted by atomic mass is 9.79. The number of hydrogen-bond acceptors (Lipinski definition) is 4. The van der Waals surface area contributed by atoms with Gasteiger partial charge in [-0.2, -0.15) is 0 Å². The van der Waals surface area contributed by atoms with Crippen molar-refractivity contribution in [2.24, 2.45) is 23.7 Å². The maximum atomic E-state index is 12.4. The van der Waals surface area contributed by atoms with Gasteiger partial charge in [0.05, 0.1) is 18.4 Å². The number of hydrazine groups is 1. The van der Waals surface area contributed by atoms with E-state index in [0.29, 0.717) is 17.9 Å². The molecule has 3 rings (SSSR count). The van der Waals surface area contributed by atoms with Crippen molar-refractivity contribution < 1.29 is 24.2 Å². The van der Waals surface area contributed by atoms with Crippen LogP contribution >= 0.6 is 0 Å². The van der Waals surface area contributed by atoms with E-state index in [1.165, 1.54) is 0 Å². The summed E-state index contributed by atoms with van der Waals surface area (Å²) in [4.78, 5) is 36.1. The molecule has 134 valence electrons. The first-order chi connectivity index (χ1) is 12.0. The summed E-state index contributed by atoms with van der Waals surface area (Å²) in [5.74, 6) is -2.33. The number of aliphatic carboxylic acids is 1. The molecule has 0 heterocycles. The van der Waals surface area contributed by atoms with Crippen molar-refractivity contribution in [3.05, 3.63) is 29.8 Å². The molecule has 2 saturated carbocycles. The van der Waals surface area contributed by atoms with Crippen molar-refractivity contribution in [2.75, 3.05) is 6.61 Å². The highest BCUT2D eigenvalue weighted by molar-refractivity contribution is 5.96. The predicted octanol–water partition coefficient (Wildman–Crippen LogP) is 1.59. The molecule has 7 nitrogen and oxygen atoms in total. The van der Waals surface area contributed by atoms with Crippen LogP contribution in [0.1, 0.15) is 36.5 Å². The van der Waals surface area contributed by atoms with Crippen LogP contribution in [-0.2, 0) is 9.59 Å². The van der Waals surface area contributed by atoms with Crippen LogP contribution in [0, 0.1) is 23.7 Å². The lowest BCUT2D eigenvalue weighted by Crippen LogP contribution is -2.48. The quantitative estimate of drug-likeness (QED) is 0.702. The molecular weight excluding hydrogens is 324 g/mol. The fraction of sp³-hybridized carbons (Fsp3) is 0.500. The number of amides is 2. The summed E-state index contributed by atoms with van der Waals surface area (Å²) in [6.45, 7) is 2.34.